The second kappa shape index (κ2) is 9.96. The Bertz CT molecular complexity index is 1310. The maximum Gasteiger partial charge on any atom is 0.419 e. The molecule has 3 heterocycles. The van der Waals surface area contributed by atoms with Crippen molar-refractivity contribution in [2.45, 2.75) is 43.8 Å². The lowest BCUT2D eigenvalue weighted by Crippen LogP contribution is -2.55. The first-order chi connectivity index (χ1) is 18.2. The summed E-state index contributed by atoms with van der Waals surface area (Å²) in [5, 5.41) is 15.4. The number of benzene rings is 1. The van der Waals surface area contributed by atoms with Crippen molar-refractivity contribution in [2.75, 3.05) is 29.4 Å². The summed E-state index contributed by atoms with van der Waals surface area (Å²) in [5.41, 5.74) is -2.14. The van der Waals surface area contributed by atoms with Crippen molar-refractivity contribution in [3.05, 3.63) is 53.3 Å². The summed E-state index contributed by atoms with van der Waals surface area (Å²) < 4.78 is 40.7. The first-order valence-electron chi connectivity index (χ1n) is 12.4. The third kappa shape index (κ3) is 4.50. The number of nitrogens with one attached hydrogen (secondary N) is 2. The molecule has 0 unspecified atom stereocenters. The Kier molecular flexibility index (Phi) is 6.83. The van der Waals surface area contributed by atoms with Crippen LogP contribution in [-0.4, -0.2) is 47.1 Å². The van der Waals surface area contributed by atoms with E-state index in [1.54, 1.807) is 29.2 Å². The summed E-state index contributed by atoms with van der Waals surface area (Å²) in [6.45, 7) is 2.45. The molecule has 3 fully saturated rings. The van der Waals surface area contributed by atoms with Crippen molar-refractivity contribution < 1.29 is 22.8 Å². The first-order valence-corrected chi connectivity index (χ1v) is 12.8. The number of piperidine rings is 1. The fourth-order valence-corrected chi connectivity index (χ4v) is 5.76. The number of rotatable bonds is 5. The number of hydrogen-bond donors (Lipinski definition) is 2. The van der Waals surface area contributed by atoms with Gasteiger partial charge in [0.25, 0.3) is 11.8 Å². The number of carbonyl (C=O) groups excluding carboxylic acids is 2. The predicted octanol–water partition coefficient (Wildman–Crippen LogP) is 3.76. The number of nitriles is 1. The van der Waals surface area contributed by atoms with Gasteiger partial charge in [-0.1, -0.05) is 0 Å². The average Bonchev–Trinajstić information content (AvgIpc) is 3.13. The summed E-state index contributed by atoms with van der Waals surface area (Å²) in [5.74, 6) is -0.249. The van der Waals surface area contributed by atoms with Gasteiger partial charge in [-0.05, 0) is 93.7 Å². The van der Waals surface area contributed by atoms with Crippen LogP contribution in [0.15, 0.2) is 36.5 Å². The zero-order valence-corrected chi connectivity index (χ0v) is 21.2. The van der Waals surface area contributed by atoms with Gasteiger partial charge in [-0.3, -0.25) is 14.5 Å². The molecule has 0 bridgehead atoms. The van der Waals surface area contributed by atoms with E-state index >= 15 is 0 Å². The molecule has 1 saturated carbocycles. The van der Waals surface area contributed by atoms with Crippen molar-refractivity contribution in [2.24, 2.45) is 5.92 Å². The van der Waals surface area contributed by atoms with Crippen LogP contribution in [0.3, 0.4) is 0 Å². The van der Waals surface area contributed by atoms with Gasteiger partial charge >= 0.3 is 6.18 Å². The highest BCUT2D eigenvalue weighted by Gasteiger charge is 2.59. The van der Waals surface area contributed by atoms with E-state index in [0.29, 0.717) is 36.6 Å². The van der Waals surface area contributed by atoms with Gasteiger partial charge in [0.1, 0.15) is 11.6 Å². The molecule has 38 heavy (non-hydrogen) atoms. The van der Waals surface area contributed by atoms with E-state index in [4.69, 9.17) is 17.5 Å². The van der Waals surface area contributed by atoms with Gasteiger partial charge in [-0.25, -0.2) is 4.98 Å². The van der Waals surface area contributed by atoms with Gasteiger partial charge in [0.2, 0.25) is 0 Å². The molecule has 1 aromatic heterocycles. The van der Waals surface area contributed by atoms with E-state index in [1.807, 2.05) is 0 Å². The molecule has 1 aliphatic carbocycles. The van der Waals surface area contributed by atoms with Gasteiger partial charge in [-0.15, -0.1) is 0 Å². The molecule has 2 N–H and O–H groups in total. The monoisotopic (exact) mass is 542 g/mol. The molecule has 1 spiro atoms. The number of nitrogens with zero attached hydrogens (tertiary/aromatic N) is 4. The predicted molar refractivity (Wildman–Crippen MR) is 137 cm³/mol. The van der Waals surface area contributed by atoms with Crippen LogP contribution in [0.5, 0.6) is 0 Å². The third-order valence-electron chi connectivity index (χ3n) is 7.47. The minimum Gasteiger partial charge on any atom is -0.352 e. The lowest BCUT2D eigenvalue weighted by atomic mass is 9.75. The second-order valence-electron chi connectivity index (χ2n) is 9.81. The Morgan fingerprint density at radius 3 is 2.55 bits per heavy atom. The van der Waals surface area contributed by atoms with E-state index in [1.165, 1.54) is 6.07 Å². The third-order valence-corrected chi connectivity index (χ3v) is 7.84. The fourth-order valence-electron chi connectivity index (χ4n) is 5.29. The van der Waals surface area contributed by atoms with Gasteiger partial charge in [0, 0.05) is 17.8 Å². The van der Waals surface area contributed by atoms with Gasteiger partial charge in [-0.2, -0.15) is 18.4 Å². The molecule has 2 amide bonds. The largest absolute Gasteiger partial charge is 0.419 e. The average molecular weight is 543 g/mol. The molecule has 2 saturated heterocycles. The summed E-state index contributed by atoms with van der Waals surface area (Å²) in [7, 11) is 0. The number of aromatic nitrogens is 1. The minimum atomic E-state index is -4.82. The van der Waals surface area contributed by atoms with Crippen molar-refractivity contribution in [3.63, 3.8) is 0 Å². The van der Waals surface area contributed by atoms with Crippen LogP contribution in [0.1, 0.15) is 53.7 Å². The quantitative estimate of drug-likeness (QED) is 0.555. The van der Waals surface area contributed by atoms with E-state index in [-0.39, 0.29) is 16.7 Å². The van der Waals surface area contributed by atoms with Crippen molar-refractivity contribution in [1.82, 2.24) is 15.6 Å². The molecule has 0 radical (unpaired) electrons. The SMILES string of the molecule is N#Cc1ncc(N2C(=O)C3(CCC3)N(c3ccc(C(=O)NC[C@@H]4CCCNC4)cc3)C2=S)cc1C(F)(F)F. The maximum absolute atomic E-state index is 13.6. The zero-order chi connectivity index (χ0) is 27.1. The number of amides is 2. The normalized spacial score (nSPS) is 20.8. The van der Waals surface area contributed by atoms with Crippen LogP contribution < -0.4 is 20.4 Å². The fraction of sp³-hybridized carbons (Fsp3) is 0.423. The topological polar surface area (TPSA) is 101 Å². The standard InChI is InChI=1S/C26H25F3N6O2S/c27-26(28,29)20-11-19(15-32-21(20)12-30)34-23(37)25(8-2-9-25)35(24(34)38)18-6-4-17(5-7-18)22(36)33-14-16-3-1-10-31-13-16/h4-7,11,15-16,31H,1-3,8-10,13-14H2,(H,33,36)/t16-/m1/s1. The Hall–Kier alpha value is -3.56. The number of halogens is 3. The molecule has 1 aromatic carbocycles. The van der Waals surface area contributed by atoms with Crippen LogP contribution in [-0.2, 0) is 11.0 Å². The highest BCUT2D eigenvalue weighted by atomic mass is 32.1. The van der Waals surface area contributed by atoms with Crippen LogP contribution in [0, 0.1) is 17.2 Å². The highest BCUT2D eigenvalue weighted by Crippen LogP contribution is 2.48. The van der Waals surface area contributed by atoms with Gasteiger partial charge < -0.3 is 15.5 Å². The minimum absolute atomic E-state index is 0.0244. The second-order valence-corrected chi connectivity index (χ2v) is 10.2. The molecule has 3 aliphatic rings. The highest BCUT2D eigenvalue weighted by molar-refractivity contribution is 7.81. The number of pyridine rings is 1. The van der Waals surface area contributed by atoms with Gasteiger partial charge in [0.05, 0.1) is 17.4 Å². The number of thiocarbonyl (C=S) groups is 1. The molecule has 2 aliphatic heterocycles. The van der Waals surface area contributed by atoms with E-state index in [2.05, 4.69) is 15.6 Å². The molecule has 8 nitrogen and oxygen atoms in total. The molecule has 1 atom stereocenters. The summed E-state index contributed by atoms with van der Waals surface area (Å²) in [6, 6.07) is 8.87. The number of carbonyl (C=O) groups is 2. The summed E-state index contributed by atoms with van der Waals surface area (Å²) in [6.07, 6.45) is 0.100. The van der Waals surface area contributed by atoms with E-state index in [9.17, 15) is 22.8 Å². The van der Waals surface area contributed by atoms with Crippen molar-refractivity contribution in [3.8, 4) is 6.07 Å². The molecule has 5 rings (SSSR count). The van der Waals surface area contributed by atoms with Crippen LogP contribution in [0.25, 0.3) is 0 Å². The summed E-state index contributed by atoms with van der Waals surface area (Å²) >= 11 is 5.62. The van der Waals surface area contributed by atoms with Gasteiger partial charge in [0.15, 0.2) is 10.8 Å². The molecule has 2 aromatic rings. The van der Waals surface area contributed by atoms with Crippen LogP contribution in [0.4, 0.5) is 24.5 Å². The molecule has 198 valence electrons. The zero-order valence-electron chi connectivity index (χ0n) is 20.3. The van der Waals surface area contributed by atoms with E-state index in [0.717, 1.165) is 49.5 Å². The van der Waals surface area contributed by atoms with Crippen LogP contribution in [0.2, 0.25) is 0 Å². The Morgan fingerprint density at radius 2 is 1.97 bits per heavy atom. The summed E-state index contributed by atoms with van der Waals surface area (Å²) in [4.78, 5) is 32.6. The smallest absolute Gasteiger partial charge is 0.352 e. The maximum atomic E-state index is 13.6. The van der Waals surface area contributed by atoms with Crippen LogP contribution >= 0.6 is 12.2 Å². The molecular formula is C26H25F3N6O2S. The number of anilines is 2. The lowest BCUT2D eigenvalue weighted by Gasteiger charge is -2.43. The lowest BCUT2D eigenvalue weighted by molar-refractivity contribution is -0.138. The Labute approximate surface area is 222 Å². The van der Waals surface area contributed by atoms with E-state index < -0.39 is 28.9 Å². The Balaban J connectivity index is 1.39. The Morgan fingerprint density at radius 1 is 1.24 bits per heavy atom. The number of alkyl halides is 3. The van der Waals surface area contributed by atoms with Crippen molar-refractivity contribution >= 4 is 40.5 Å². The molecule has 12 heteroatoms. The van der Waals surface area contributed by atoms with Crippen molar-refractivity contribution in [1.29, 1.82) is 5.26 Å². The number of hydrogen-bond acceptors (Lipinski definition) is 6. The first kappa shape index (κ1) is 26.1. The molecular weight excluding hydrogens is 517 g/mol.